The molecule has 0 aromatic heterocycles. The van der Waals surface area contributed by atoms with Crippen LogP contribution in [-0.2, 0) is 18.0 Å². The Labute approximate surface area is 149 Å². The summed E-state index contributed by atoms with van der Waals surface area (Å²) in [5.41, 5.74) is -4.02. The molecule has 27 heavy (non-hydrogen) atoms. The van der Waals surface area contributed by atoms with E-state index >= 15 is 0 Å². The van der Waals surface area contributed by atoms with Gasteiger partial charge < -0.3 is 4.90 Å². The summed E-state index contributed by atoms with van der Waals surface area (Å²) in [4.78, 5) is 13.9. The predicted molar refractivity (Wildman–Crippen MR) is 82.7 cm³/mol. The molecular weight excluding hydrogens is 374 g/mol. The number of halogens is 6. The van der Waals surface area contributed by atoms with Crippen LogP contribution in [0, 0.1) is 0 Å². The van der Waals surface area contributed by atoms with Crippen molar-refractivity contribution in [2.45, 2.75) is 18.0 Å². The average Bonchev–Trinajstić information content (AvgIpc) is 3.13. The first-order valence-electron chi connectivity index (χ1n) is 8.01. The van der Waals surface area contributed by atoms with Crippen LogP contribution in [0.1, 0.15) is 32.6 Å². The molecule has 0 saturated carbocycles. The van der Waals surface area contributed by atoms with Crippen molar-refractivity contribution in [3.8, 4) is 0 Å². The number of nitrogens with zero attached hydrogens (tertiary/aromatic N) is 1. The molecule has 9 heteroatoms. The Hall–Kier alpha value is -2.55. The van der Waals surface area contributed by atoms with Gasteiger partial charge in [-0.3, -0.25) is 10.1 Å². The molecule has 4 rings (SSSR count). The van der Waals surface area contributed by atoms with Gasteiger partial charge in [0.2, 0.25) is 0 Å². The zero-order valence-corrected chi connectivity index (χ0v) is 13.6. The summed E-state index contributed by atoms with van der Waals surface area (Å²) < 4.78 is 79.6. The van der Waals surface area contributed by atoms with Gasteiger partial charge >= 0.3 is 12.4 Å². The molecule has 0 aliphatic carbocycles. The van der Waals surface area contributed by atoms with Gasteiger partial charge in [-0.15, -0.1) is 0 Å². The smallest absolute Gasteiger partial charge is 0.311 e. The van der Waals surface area contributed by atoms with Gasteiger partial charge in [-0.05, 0) is 29.8 Å². The molecule has 2 aliphatic heterocycles. The van der Waals surface area contributed by atoms with Gasteiger partial charge in [-0.25, -0.2) is 0 Å². The Morgan fingerprint density at radius 1 is 0.926 bits per heavy atom. The zero-order chi connectivity index (χ0) is 19.6. The van der Waals surface area contributed by atoms with Crippen LogP contribution in [-0.4, -0.2) is 23.9 Å². The number of carbonyl (C=O) groups excluding carboxylic acids is 1. The van der Waals surface area contributed by atoms with Crippen molar-refractivity contribution >= 4 is 5.91 Å². The van der Waals surface area contributed by atoms with Crippen LogP contribution < -0.4 is 5.32 Å². The van der Waals surface area contributed by atoms with Crippen molar-refractivity contribution in [3.05, 3.63) is 70.3 Å². The van der Waals surface area contributed by atoms with Crippen LogP contribution in [0.15, 0.2) is 42.5 Å². The van der Waals surface area contributed by atoms with Crippen LogP contribution in [0.4, 0.5) is 26.3 Å². The highest BCUT2D eigenvalue weighted by Crippen LogP contribution is 2.47. The number of nitrogens with one attached hydrogen (secondary N) is 1. The number of alkyl halides is 6. The molecule has 0 radical (unpaired) electrons. The van der Waals surface area contributed by atoms with Gasteiger partial charge in [0.1, 0.15) is 5.66 Å². The first-order chi connectivity index (χ1) is 12.5. The largest absolute Gasteiger partial charge is 0.416 e. The maximum atomic E-state index is 13.3. The molecule has 3 nitrogen and oxygen atoms in total. The molecule has 1 amide bonds. The number of rotatable bonds is 1. The third kappa shape index (κ3) is 2.52. The fraction of sp³-hybridized carbons (Fsp3) is 0.278. The van der Waals surface area contributed by atoms with Crippen molar-refractivity contribution in [1.29, 1.82) is 0 Å². The summed E-state index contributed by atoms with van der Waals surface area (Å²) in [5, 5.41) is 2.96. The lowest BCUT2D eigenvalue weighted by Gasteiger charge is -2.34. The minimum absolute atomic E-state index is 0.0854. The quantitative estimate of drug-likeness (QED) is 0.752. The molecule has 1 atom stereocenters. The van der Waals surface area contributed by atoms with Crippen LogP contribution >= 0.6 is 0 Å². The van der Waals surface area contributed by atoms with E-state index in [-0.39, 0.29) is 30.3 Å². The van der Waals surface area contributed by atoms with E-state index in [2.05, 4.69) is 5.32 Å². The van der Waals surface area contributed by atoms with E-state index in [1.165, 1.54) is 11.0 Å². The standard InChI is InChI=1S/C18H12F6N2O/c19-17(20,21)11-7-10(8-12(9-11)18(22,23)24)16-14-4-2-1-3-13(14)15(27)26(16)6-5-25-16/h1-4,7-9,25H,5-6H2/t16-/m0/s1. The molecule has 1 fully saturated rings. The number of carbonyl (C=O) groups is 1. The molecule has 0 unspecified atom stereocenters. The van der Waals surface area contributed by atoms with E-state index in [4.69, 9.17) is 0 Å². The maximum absolute atomic E-state index is 13.3. The predicted octanol–water partition coefficient (Wildman–Crippen LogP) is 3.98. The summed E-state index contributed by atoms with van der Waals surface area (Å²) >= 11 is 0. The van der Waals surface area contributed by atoms with Crippen LogP contribution in [0.3, 0.4) is 0 Å². The molecule has 0 spiro atoms. The van der Waals surface area contributed by atoms with Crippen molar-refractivity contribution < 1.29 is 31.1 Å². The number of benzene rings is 2. The zero-order valence-electron chi connectivity index (χ0n) is 13.6. The number of hydrogen-bond donors (Lipinski definition) is 1. The van der Waals surface area contributed by atoms with E-state index in [1.807, 2.05) is 0 Å². The molecule has 1 saturated heterocycles. The Balaban J connectivity index is 2.01. The van der Waals surface area contributed by atoms with E-state index in [0.717, 1.165) is 0 Å². The summed E-state index contributed by atoms with van der Waals surface area (Å²) in [7, 11) is 0. The van der Waals surface area contributed by atoms with Crippen LogP contribution in [0.25, 0.3) is 0 Å². The van der Waals surface area contributed by atoms with E-state index in [9.17, 15) is 31.1 Å². The molecule has 142 valence electrons. The molecule has 2 aromatic rings. The number of fused-ring (bicyclic) bond motifs is 3. The Bertz CT molecular complexity index is 904. The van der Waals surface area contributed by atoms with Crippen LogP contribution in [0.5, 0.6) is 0 Å². The Morgan fingerprint density at radius 3 is 2.11 bits per heavy atom. The fourth-order valence-corrected chi connectivity index (χ4v) is 3.81. The van der Waals surface area contributed by atoms with E-state index in [1.54, 1.807) is 18.2 Å². The maximum Gasteiger partial charge on any atom is 0.416 e. The second kappa shape index (κ2) is 5.48. The Kier molecular flexibility index (Phi) is 3.62. The normalized spacial score (nSPS) is 22.1. The summed E-state index contributed by atoms with van der Waals surface area (Å²) in [5.74, 6) is -0.429. The summed E-state index contributed by atoms with van der Waals surface area (Å²) in [6.07, 6.45) is -9.92. The first kappa shape index (κ1) is 17.8. The van der Waals surface area contributed by atoms with Gasteiger partial charge in [0.15, 0.2) is 0 Å². The first-order valence-corrected chi connectivity index (χ1v) is 8.01. The topological polar surface area (TPSA) is 32.3 Å². The minimum Gasteiger partial charge on any atom is -0.311 e. The van der Waals surface area contributed by atoms with Gasteiger partial charge in [0, 0.05) is 24.2 Å². The number of hydrogen-bond acceptors (Lipinski definition) is 2. The summed E-state index contributed by atoms with van der Waals surface area (Å²) in [6.45, 7) is 0.419. The van der Waals surface area contributed by atoms with E-state index in [0.29, 0.717) is 17.7 Å². The fourth-order valence-electron chi connectivity index (χ4n) is 3.81. The van der Waals surface area contributed by atoms with Gasteiger partial charge in [-0.1, -0.05) is 18.2 Å². The Morgan fingerprint density at radius 2 is 1.52 bits per heavy atom. The molecular formula is C18H12F6N2O. The minimum atomic E-state index is -4.96. The third-order valence-electron chi connectivity index (χ3n) is 4.92. The highest BCUT2D eigenvalue weighted by Gasteiger charge is 2.54. The van der Waals surface area contributed by atoms with Crippen molar-refractivity contribution in [3.63, 3.8) is 0 Å². The lowest BCUT2D eigenvalue weighted by atomic mass is 9.89. The lowest BCUT2D eigenvalue weighted by Crippen LogP contribution is -2.47. The molecule has 1 N–H and O–H groups in total. The van der Waals surface area contributed by atoms with Crippen molar-refractivity contribution in [2.24, 2.45) is 0 Å². The van der Waals surface area contributed by atoms with E-state index < -0.39 is 35.0 Å². The highest BCUT2D eigenvalue weighted by molar-refractivity contribution is 6.01. The van der Waals surface area contributed by atoms with Gasteiger partial charge in [0.05, 0.1) is 11.1 Å². The molecule has 2 aliphatic rings. The lowest BCUT2D eigenvalue weighted by molar-refractivity contribution is -0.143. The number of amides is 1. The third-order valence-corrected chi connectivity index (χ3v) is 4.92. The SMILES string of the molecule is O=C1c2ccccc2[C@@]2(c3cc(C(F)(F)F)cc(C(F)(F)F)c3)NCCN12. The van der Waals surface area contributed by atoms with Crippen molar-refractivity contribution in [2.75, 3.05) is 13.1 Å². The van der Waals surface area contributed by atoms with Gasteiger partial charge in [0.25, 0.3) is 5.91 Å². The second-order valence-corrected chi connectivity index (χ2v) is 6.43. The second-order valence-electron chi connectivity index (χ2n) is 6.43. The van der Waals surface area contributed by atoms with Gasteiger partial charge in [-0.2, -0.15) is 26.3 Å². The van der Waals surface area contributed by atoms with Crippen molar-refractivity contribution in [1.82, 2.24) is 10.2 Å². The summed E-state index contributed by atoms with van der Waals surface area (Å²) in [6, 6.07) is 7.68. The molecule has 2 aromatic carbocycles. The van der Waals surface area contributed by atoms with Crippen LogP contribution in [0.2, 0.25) is 0 Å². The average molecular weight is 386 g/mol. The highest BCUT2D eigenvalue weighted by atomic mass is 19.4. The monoisotopic (exact) mass is 386 g/mol. The molecule has 0 bridgehead atoms. The molecule has 2 heterocycles.